The van der Waals surface area contributed by atoms with Gasteiger partial charge in [-0.2, -0.15) is 0 Å². The highest BCUT2D eigenvalue weighted by Gasteiger charge is 2.53. The van der Waals surface area contributed by atoms with Gasteiger partial charge >= 0.3 is 0 Å². The number of aromatic nitrogens is 8. The molecule has 4 aromatic heterocycles. The lowest BCUT2D eigenvalue weighted by Gasteiger charge is -2.49. The summed E-state index contributed by atoms with van der Waals surface area (Å²) < 4.78 is 4.94. The van der Waals surface area contributed by atoms with Crippen molar-refractivity contribution in [1.82, 2.24) is 39.0 Å². The molecule has 0 saturated carbocycles. The van der Waals surface area contributed by atoms with Crippen molar-refractivity contribution in [1.29, 1.82) is 0 Å². The van der Waals surface area contributed by atoms with Crippen molar-refractivity contribution in [2.45, 2.75) is 30.4 Å². The fourth-order valence-corrected chi connectivity index (χ4v) is 23.1. The zero-order chi connectivity index (χ0) is 84.4. The molecule has 22 aromatic rings. The maximum Gasteiger partial charge on any atom is 0.164 e. The number of para-hydroxylation sites is 8. The number of hydrogen-bond acceptors (Lipinski definition) is 10. The van der Waals surface area contributed by atoms with Crippen LogP contribution < -0.4 is 9.80 Å². The Morgan fingerprint density at radius 1 is 0.188 bits per heavy atom. The first-order chi connectivity index (χ1) is 63.5. The van der Waals surface area contributed by atoms with Crippen LogP contribution in [0.4, 0.5) is 34.1 Å². The lowest BCUT2D eigenvalue weighted by molar-refractivity contribution is 0.694. The van der Waals surface area contributed by atoms with E-state index < -0.39 is 10.8 Å². The Kier molecular flexibility index (Phi) is 17.7. The zero-order valence-electron chi connectivity index (χ0n) is 69.0. The average molecular weight is 1670 g/mol. The number of anilines is 6. The molecule has 600 valence electrons. The molecule has 26 rings (SSSR count). The predicted octanol–water partition coefficient (Wildman–Crippen LogP) is 29.2. The first kappa shape index (κ1) is 74.5. The molecule has 0 saturated heterocycles. The monoisotopic (exact) mass is 1670 g/mol. The normalized spacial score (nSPS) is 13.3. The molecule has 0 radical (unpaired) electrons. The summed E-state index contributed by atoms with van der Waals surface area (Å²) in [6, 6.07) is 161. The van der Waals surface area contributed by atoms with E-state index in [-0.39, 0.29) is 0 Å². The minimum absolute atomic E-state index is 0.597. The number of rotatable bonds is 10. The third-order valence-electron chi connectivity index (χ3n) is 25.8. The van der Waals surface area contributed by atoms with E-state index in [9.17, 15) is 0 Å². The molecule has 0 fully saturated rings. The Morgan fingerprint density at radius 2 is 0.469 bits per heavy atom. The van der Waals surface area contributed by atoms with E-state index in [0.29, 0.717) is 34.9 Å². The van der Waals surface area contributed by atoms with Crippen molar-refractivity contribution in [2.24, 2.45) is 0 Å². The van der Waals surface area contributed by atoms with Gasteiger partial charge in [0.1, 0.15) is 0 Å². The molecule has 0 amide bonds. The van der Waals surface area contributed by atoms with Crippen molar-refractivity contribution in [3.05, 3.63) is 493 Å². The topological polar surface area (TPSA) is 93.7 Å². The van der Waals surface area contributed by atoms with Gasteiger partial charge in [-0.1, -0.05) is 363 Å². The van der Waals surface area contributed by atoms with E-state index in [1.165, 1.54) is 119 Å². The van der Waals surface area contributed by atoms with Crippen LogP contribution in [0.2, 0.25) is 0 Å². The zero-order valence-corrected chi connectivity index (χ0v) is 70.6. The molecule has 12 heteroatoms. The smallest absolute Gasteiger partial charge is 0.164 e. The van der Waals surface area contributed by atoms with E-state index in [4.69, 9.17) is 29.9 Å². The maximum atomic E-state index is 5.13. The van der Waals surface area contributed by atoms with E-state index in [1.807, 2.05) is 121 Å². The number of nitrogens with zero attached hydrogens (tertiary/aromatic N) is 10. The van der Waals surface area contributed by atoms with Crippen LogP contribution in [-0.2, 0) is 10.8 Å². The molecule has 0 unspecified atom stereocenters. The quantitative estimate of drug-likeness (QED) is 0.132. The van der Waals surface area contributed by atoms with Crippen LogP contribution in [0.5, 0.6) is 0 Å². The Balaban J connectivity index is 0.000000139. The summed E-state index contributed by atoms with van der Waals surface area (Å²) in [5, 5.41) is 4.86. The number of fused-ring (bicyclic) bond motifs is 24. The first-order valence-corrected chi connectivity index (χ1v) is 44.9. The Labute approximate surface area is 748 Å². The highest BCUT2D eigenvalue weighted by molar-refractivity contribution is 8.00. The van der Waals surface area contributed by atoms with Crippen LogP contribution in [0.25, 0.3) is 123 Å². The van der Waals surface area contributed by atoms with Gasteiger partial charge in [0.15, 0.2) is 34.9 Å². The largest absolute Gasteiger partial charge is 0.310 e. The van der Waals surface area contributed by atoms with Crippen molar-refractivity contribution >= 4 is 101 Å². The highest BCUT2D eigenvalue weighted by Crippen LogP contribution is 2.67. The molecule has 10 nitrogen and oxygen atoms in total. The van der Waals surface area contributed by atoms with E-state index in [2.05, 4.69) is 371 Å². The Bertz CT molecular complexity index is 7940. The Morgan fingerprint density at radius 3 is 0.844 bits per heavy atom. The summed E-state index contributed by atoms with van der Waals surface area (Å²) in [7, 11) is 0. The summed E-state index contributed by atoms with van der Waals surface area (Å²) in [5.74, 6) is 3.82. The molecule has 18 aromatic carbocycles. The highest BCUT2D eigenvalue weighted by atomic mass is 32.2. The summed E-state index contributed by atoms with van der Waals surface area (Å²) in [5.41, 5.74) is 28.4. The SMILES string of the molecule is c1ccc(-c2nc(-c3ccccc3)nc(-c3ccc(-n4c5ccccc5c5ccc6c(c54)Sc4ccccc4C64c5ccccc5N(c5ccccc5)c5ccccc54)cc3)n2)cc1.c1ccc(-c2nc(-c3ccccc3)nc(-c3cccc(-n4c5ccccc5c5ccc6c(c54)Sc4ccccc4C64c5ccccc5N(c5ccccc5)c5ccccc54)c3)n2)cc1. The van der Waals surface area contributed by atoms with E-state index in [0.717, 1.165) is 67.2 Å². The Hall–Kier alpha value is -16.1. The van der Waals surface area contributed by atoms with Crippen molar-refractivity contribution in [3.8, 4) is 79.7 Å². The van der Waals surface area contributed by atoms with Gasteiger partial charge in [0.2, 0.25) is 0 Å². The second-order valence-corrected chi connectivity index (χ2v) is 34.8. The molecule has 0 atom stereocenters. The van der Waals surface area contributed by atoms with Crippen molar-refractivity contribution < 1.29 is 0 Å². The van der Waals surface area contributed by atoms with Crippen LogP contribution in [0, 0.1) is 0 Å². The standard InChI is InChI=1S/2C58H37N5S/c1-4-19-38(20-5-1)55-59-56(39-21-6-2-7-22-39)61-57(60-55)40-23-18-26-42(37-40)63-49-31-14-10-27-43(49)44-35-36-48-54(53(44)63)64-52-34-17-13-30-47(52)58(48)45-28-11-15-32-50(45)62(41-24-8-3-9-25-41)51-33-16-12-29-46(51)58;1-4-18-38(19-5-1)55-59-56(39-20-6-2-7-21-39)61-57(60-55)40-32-34-42(35-33-40)63-49-28-14-10-24-43(49)44-36-37-48-54(53(44)63)64-52-31-17-13-27-47(52)58(48)45-25-11-15-29-50(45)62(41-22-8-3-9-23-41)51-30-16-12-26-46(51)58/h2*1-37H. The summed E-state index contributed by atoms with van der Waals surface area (Å²) in [4.78, 5) is 40.1. The van der Waals surface area contributed by atoms with Gasteiger partial charge in [-0.25, -0.2) is 29.9 Å². The van der Waals surface area contributed by atoms with Crippen molar-refractivity contribution in [3.63, 3.8) is 0 Å². The summed E-state index contributed by atoms with van der Waals surface area (Å²) in [6.07, 6.45) is 0. The molecule has 4 aliphatic heterocycles. The van der Waals surface area contributed by atoms with Crippen LogP contribution >= 0.6 is 23.5 Å². The van der Waals surface area contributed by atoms with Gasteiger partial charge in [-0.05, 0) is 154 Å². The molecule has 128 heavy (non-hydrogen) atoms. The average Bonchev–Trinajstić information content (AvgIpc) is 1.11. The van der Waals surface area contributed by atoms with Crippen LogP contribution in [0.15, 0.2) is 468 Å². The second-order valence-electron chi connectivity index (χ2n) is 32.7. The van der Waals surface area contributed by atoms with Gasteiger partial charge < -0.3 is 18.9 Å². The minimum Gasteiger partial charge on any atom is -0.310 e. The molecule has 2 spiro atoms. The van der Waals surface area contributed by atoms with Crippen LogP contribution in [-0.4, -0.2) is 39.0 Å². The summed E-state index contributed by atoms with van der Waals surface area (Å²) in [6.45, 7) is 0. The molecule has 8 heterocycles. The maximum absolute atomic E-state index is 5.13. The van der Waals surface area contributed by atoms with Gasteiger partial charge in [-0.3, -0.25) is 0 Å². The minimum atomic E-state index is -0.612. The number of hydrogen-bond donors (Lipinski definition) is 0. The van der Waals surface area contributed by atoms with Crippen molar-refractivity contribution in [2.75, 3.05) is 9.80 Å². The fourth-order valence-electron chi connectivity index (χ4n) is 20.4. The molecule has 4 aliphatic rings. The predicted molar refractivity (Wildman–Crippen MR) is 522 cm³/mol. The van der Waals surface area contributed by atoms with E-state index >= 15 is 0 Å². The molecule has 0 bridgehead atoms. The lowest BCUT2D eigenvalue weighted by atomic mass is 9.62. The van der Waals surface area contributed by atoms with Crippen LogP contribution in [0.3, 0.4) is 0 Å². The van der Waals surface area contributed by atoms with Gasteiger partial charge in [0.25, 0.3) is 0 Å². The second kappa shape index (κ2) is 30.4. The van der Waals surface area contributed by atoms with E-state index in [1.54, 1.807) is 0 Å². The first-order valence-electron chi connectivity index (χ1n) is 43.2. The van der Waals surface area contributed by atoms with Crippen LogP contribution in [0.1, 0.15) is 44.5 Å². The third-order valence-corrected chi connectivity index (χ3v) is 28.2. The van der Waals surface area contributed by atoms with Gasteiger partial charge in [-0.15, -0.1) is 0 Å². The summed E-state index contributed by atoms with van der Waals surface area (Å²) >= 11 is 3.77. The molecular formula is C116H74N10S2. The third kappa shape index (κ3) is 11.7. The van der Waals surface area contributed by atoms with Gasteiger partial charge in [0, 0.05) is 97.3 Å². The fraction of sp³-hybridized carbons (Fsp3) is 0.0172. The molecule has 0 aliphatic carbocycles. The van der Waals surface area contributed by atoms with Gasteiger partial charge in [0.05, 0.1) is 55.6 Å². The molecular weight excluding hydrogens is 1600 g/mol. The molecule has 0 N–H and O–H groups in total. The lowest BCUT2D eigenvalue weighted by Crippen LogP contribution is -2.39. The number of benzene rings is 18.